The third kappa shape index (κ3) is 4.18. The van der Waals surface area contributed by atoms with Gasteiger partial charge in [0.15, 0.2) is 0 Å². The van der Waals surface area contributed by atoms with Crippen LogP contribution >= 0.6 is 0 Å². The summed E-state index contributed by atoms with van der Waals surface area (Å²) in [6.07, 6.45) is 0. The molecule has 2 N–H and O–H groups in total. The van der Waals surface area contributed by atoms with Crippen LogP contribution in [0, 0.1) is 13.8 Å². The number of morpholine rings is 1. The molecular formula is C18H23N3O4. The smallest absolute Gasteiger partial charge is 0.260 e. The number of ether oxygens (including phenoxy) is 1. The van der Waals surface area contributed by atoms with Crippen molar-refractivity contribution in [2.45, 2.75) is 19.9 Å². The number of carbonyl (C=O) groups is 1. The van der Waals surface area contributed by atoms with Gasteiger partial charge in [-0.1, -0.05) is 0 Å². The maximum absolute atomic E-state index is 12.4. The second kappa shape index (κ2) is 7.67. The van der Waals surface area contributed by atoms with Crippen LogP contribution in [0.2, 0.25) is 0 Å². The highest BCUT2D eigenvalue weighted by Crippen LogP contribution is 2.23. The predicted molar refractivity (Wildman–Crippen MR) is 92.7 cm³/mol. The summed E-state index contributed by atoms with van der Waals surface area (Å²) >= 11 is 0. The van der Waals surface area contributed by atoms with Gasteiger partial charge in [0, 0.05) is 25.3 Å². The zero-order valence-corrected chi connectivity index (χ0v) is 14.5. The van der Waals surface area contributed by atoms with Crippen LogP contribution in [0.3, 0.4) is 0 Å². The Labute approximate surface area is 146 Å². The number of pyridine rings is 1. The first-order valence-corrected chi connectivity index (χ1v) is 8.41. The molecule has 1 atom stereocenters. The van der Waals surface area contributed by atoms with Crippen molar-refractivity contribution in [2.24, 2.45) is 0 Å². The van der Waals surface area contributed by atoms with E-state index in [0.717, 1.165) is 30.3 Å². The molecule has 1 aliphatic rings. The largest absolute Gasteiger partial charge is 0.465 e. The molecule has 1 amide bonds. The lowest BCUT2D eigenvalue weighted by Crippen LogP contribution is -2.44. The van der Waals surface area contributed by atoms with E-state index in [1.54, 1.807) is 19.1 Å². The number of furan rings is 1. The lowest BCUT2D eigenvalue weighted by molar-refractivity contribution is 0.0117. The summed E-state index contributed by atoms with van der Waals surface area (Å²) in [5, 5.41) is 2.86. The summed E-state index contributed by atoms with van der Waals surface area (Å²) in [5.74, 6) is 1.25. The van der Waals surface area contributed by atoms with E-state index in [2.05, 4.69) is 15.2 Å². The third-order valence-electron chi connectivity index (χ3n) is 4.33. The second-order valence-corrected chi connectivity index (χ2v) is 6.21. The van der Waals surface area contributed by atoms with Crippen molar-refractivity contribution in [2.75, 3.05) is 32.8 Å². The Hall–Kier alpha value is -2.38. The summed E-state index contributed by atoms with van der Waals surface area (Å²) in [5.41, 5.74) is 0.454. The van der Waals surface area contributed by atoms with Crippen LogP contribution in [0.25, 0.3) is 0 Å². The minimum absolute atomic E-state index is 0.0916. The van der Waals surface area contributed by atoms with Crippen molar-refractivity contribution in [3.05, 3.63) is 57.4 Å². The molecular weight excluding hydrogens is 322 g/mol. The maximum Gasteiger partial charge on any atom is 0.260 e. The zero-order valence-electron chi connectivity index (χ0n) is 14.5. The third-order valence-corrected chi connectivity index (χ3v) is 4.33. The molecule has 3 rings (SSSR count). The molecule has 1 saturated heterocycles. The number of nitrogens with one attached hydrogen (secondary N) is 2. The van der Waals surface area contributed by atoms with Gasteiger partial charge in [-0.15, -0.1) is 0 Å². The molecule has 0 aliphatic carbocycles. The van der Waals surface area contributed by atoms with Crippen molar-refractivity contribution in [1.82, 2.24) is 15.2 Å². The standard InChI is InChI=1S/C18H23N3O4/c1-12-3-5-14(18(23)20-12)17(22)19-11-15(16-6-4-13(2)25-16)21-7-9-24-10-8-21/h3-6,15H,7-11H2,1-2H3,(H,19,22)(H,20,23)/t15-/m0/s1. The van der Waals surface area contributed by atoms with Crippen LogP contribution in [-0.4, -0.2) is 48.6 Å². The van der Waals surface area contributed by atoms with E-state index < -0.39 is 0 Å². The highest BCUT2D eigenvalue weighted by atomic mass is 16.5. The van der Waals surface area contributed by atoms with E-state index in [9.17, 15) is 9.59 Å². The molecule has 3 heterocycles. The minimum atomic E-state index is -0.386. The molecule has 0 aromatic carbocycles. The number of amides is 1. The van der Waals surface area contributed by atoms with Gasteiger partial charge in [0.2, 0.25) is 0 Å². The number of carbonyl (C=O) groups excluding carboxylic acids is 1. The molecule has 0 radical (unpaired) electrons. The molecule has 1 fully saturated rings. The lowest BCUT2D eigenvalue weighted by Gasteiger charge is -2.33. The van der Waals surface area contributed by atoms with Crippen molar-refractivity contribution in [3.63, 3.8) is 0 Å². The molecule has 2 aromatic heterocycles. The molecule has 1 aliphatic heterocycles. The van der Waals surface area contributed by atoms with Crippen molar-refractivity contribution in [3.8, 4) is 0 Å². The Morgan fingerprint density at radius 3 is 2.64 bits per heavy atom. The fourth-order valence-corrected chi connectivity index (χ4v) is 2.97. The minimum Gasteiger partial charge on any atom is -0.465 e. The topological polar surface area (TPSA) is 87.6 Å². The van der Waals surface area contributed by atoms with Gasteiger partial charge in [-0.05, 0) is 38.1 Å². The van der Waals surface area contributed by atoms with Crippen LogP contribution in [0.15, 0.2) is 33.5 Å². The molecule has 134 valence electrons. The predicted octanol–water partition coefficient (Wildman–Crippen LogP) is 1.39. The first kappa shape index (κ1) is 17.4. The Balaban J connectivity index is 1.73. The van der Waals surface area contributed by atoms with Gasteiger partial charge >= 0.3 is 0 Å². The van der Waals surface area contributed by atoms with Crippen molar-refractivity contribution in [1.29, 1.82) is 0 Å². The summed E-state index contributed by atoms with van der Waals surface area (Å²) < 4.78 is 11.2. The summed E-state index contributed by atoms with van der Waals surface area (Å²) in [7, 11) is 0. The van der Waals surface area contributed by atoms with Crippen LogP contribution in [0.4, 0.5) is 0 Å². The number of aromatic amines is 1. The van der Waals surface area contributed by atoms with Gasteiger partial charge in [-0.25, -0.2) is 0 Å². The fraction of sp³-hybridized carbons (Fsp3) is 0.444. The molecule has 25 heavy (non-hydrogen) atoms. The number of aromatic nitrogens is 1. The number of nitrogens with zero attached hydrogens (tertiary/aromatic N) is 1. The van der Waals surface area contributed by atoms with Gasteiger partial charge in [-0.3, -0.25) is 14.5 Å². The molecule has 0 unspecified atom stereocenters. The summed E-state index contributed by atoms with van der Waals surface area (Å²) in [4.78, 5) is 29.2. The Bertz CT molecular complexity index is 790. The highest BCUT2D eigenvalue weighted by molar-refractivity contribution is 5.93. The van der Waals surface area contributed by atoms with Gasteiger partial charge in [0.05, 0.1) is 19.3 Å². The van der Waals surface area contributed by atoms with E-state index in [0.29, 0.717) is 19.8 Å². The maximum atomic E-state index is 12.4. The van der Waals surface area contributed by atoms with Gasteiger partial charge in [0.25, 0.3) is 11.5 Å². The monoisotopic (exact) mass is 345 g/mol. The van der Waals surface area contributed by atoms with Gasteiger partial charge in [0.1, 0.15) is 17.1 Å². The molecule has 2 aromatic rings. The van der Waals surface area contributed by atoms with E-state index in [1.807, 2.05) is 19.1 Å². The van der Waals surface area contributed by atoms with E-state index in [1.165, 1.54) is 0 Å². The Morgan fingerprint density at radius 2 is 2.00 bits per heavy atom. The van der Waals surface area contributed by atoms with Crippen LogP contribution in [-0.2, 0) is 4.74 Å². The number of H-pyrrole nitrogens is 1. The Kier molecular flexibility index (Phi) is 5.35. The average molecular weight is 345 g/mol. The average Bonchev–Trinajstić information content (AvgIpc) is 3.02. The highest BCUT2D eigenvalue weighted by Gasteiger charge is 2.26. The summed E-state index contributed by atoms with van der Waals surface area (Å²) in [6.45, 7) is 6.88. The van der Waals surface area contributed by atoms with E-state index >= 15 is 0 Å². The van der Waals surface area contributed by atoms with Gasteiger partial charge in [-0.2, -0.15) is 0 Å². The first-order chi connectivity index (χ1) is 12.0. The molecule has 0 saturated carbocycles. The molecule has 0 bridgehead atoms. The normalized spacial score (nSPS) is 16.6. The van der Waals surface area contributed by atoms with E-state index in [-0.39, 0.29) is 23.1 Å². The fourth-order valence-electron chi connectivity index (χ4n) is 2.97. The number of rotatable bonds is 5. The molecule has 7 nitrogen and oxygen atoms in total. The SMILES string of the molecule is Cc1ccc(C(=O)NC[C@@H](c2ccc(C)o2)N2CCOCC2)c(=O)[nH]1. The van der Waals surface area contributed by atoms with Crippen molar-refractivity contribution >= 4 is 5.91 Å². The van der Waals surface area contributed by atoms with Crippen LogP contribution in [0.5, 0.6) is 0 Å². The molecule has 0 spiro atoms. The zero-order chi connectivity index (χ0) is 17.8. The van der Waals surface area contributed by atoms with Crippen LogP contribution in [0.1, 0.15) is 33.6 Å². The molecule has 7 heteroatoms. The number of hydrogen-bond donors (Lipinski definition) is 2. The van der Waals surface area contributed by atoms with Crippen LogP contribution < -0.4 is 10.9 Å². The van der Waals surface area contributed by atoms with Gasteiger partial charge < -0.3 is 19.5 Å². The summed E-state index contributed by atoms with van der Waals surface area (Å²) in [6, 6.07) is 7.01. The second-order valence-electron chi connectivity index (χ2n) is 6.21. The van der Waals surface area contributed by atoms with E-state index in [4.69, 9.17) is 9.15 Å². The Morgan fingerprint density at radius 1 is 1.24 bits per heavy atom. The van der Waals surface area contributed by atoms with Crippen molar-refractivity contribution < 1.29 is 13.9 Å². The lowest BCUT2D eigenvalue weighted by atomic mass is 10.1. The number of aryl methyl sites for hydroxylation is 2. The quantitative estimate of drug-likeness (QED) is 0.855. The number of hydrogen-bond acceptors (Lipinski definition) is 5. The first-order valence-electron chi connectivity index (χ1n) is 8.41.